The van der Waals surface area contributed by atoms with E-state index in [1.165, 1.54) is 81.6 Å². The zero-order valence-electron chi connectivity index (χ0n) is 32.8. The van der Waals surface area contributed by atoms with Crippen LogP contribution in [0.15, 0.2) is 72.8 Å². The molecule has 0 radical (unpaired) electrons. The van der Waals surface area contributed by atoms with Crippen LogP contribution in [-0.2, 0) is 47.9 Å². The maximum atomic E-state index is 3.53. The van der Waals surface area contributed by atoms with E-state index in [1.807, 2.05) is 0 Å². The predicted octanol–water partition coefficient (Wildman–Crippen LogP) is 6.61. The van der Waals surface area contributed by atoms with Gasteiger partial charge in [0.25, 0.3) is 0 Å². The summed E-state index contributed by atoms with van der Waals surface area (Å²) in [5.74, 6) is 3.27. The van der Waals surface area contributed by atoms with Crippen LogP contribution in [0.25, 0.3) is 11.1 Å². The Hall–Kier alpha value is -1.66. The summed E-state index contributed by atoms with van der Waals surface area (Å²) >= 11 is 1.54. The van der Waals surface area contributed by atoms with Crippen LogP contribution in [-0.4, -0.2) is 3.21 Å². The van der Waals surface area contributed by atoms with Crippen LogP contribution in [0.4, 0.5) is 0 Å². The van der Waals surface area contributed by atoms with E-state index in [9.17, 15) is 0 Å². The third-order valence-corrected chi connectivity index (χ3v) is 13.7. The summed E-state index contributed by atoms with van der Waals surface area (Å²) in [6.45, 7) is 20.4. The van der Waals surface area contributed by atoms with Crippen molar-refractivity contribution in [2.24, 2.45) is 23.2 Å². The number of benzene rings is 3. The molecule has 0 saturated heterocycles. The smallest absolute Gasteiger partial charge is 0.0363 e. The van der Waals surface area contributed by atoms with Crippen molar-refractivity contribution >= 4 is 3.21 Å². The SMILES string of the molecule is CC(C)(C)c1c[c-]c2c(c1)-c1cc(C(C)(C)C)ccc1C2.CC[C](=[Zr+2])c1ccccc1.Cc1cc(CC23CC4CC(CC(C4)C2)C3)c(C)[cH-]1.[Cl-].[Cl-]. The second-order valence-electron chi connectivity index (χ2n) is 18.4. The summed E-state index contributed by atoms with van der Waals surface area (Å²) in [6, 6.07) is 30.5. The third kappa shape index (κ3) is 9.91. The van der Waals surface area contributed by atoms with Gasteiger partial charge in [0.1, 0.15) is 0 Å². The summed E-state index contributed by atoms with van der Waals surface area (Å²) in [5, 5.41) is 0. The van der Waals surface area contributed by atoms with Crippen LogP contribution in [0.3, 0.4) is 0 Å². The first-order valence-corrected chi connectivity index (χ1v) is 20.4. The fourth-order valence-electron chi connectivity index (χ4n) is 9.79. The van der Waals surface area contributed by atoms with Crippen molar-refractivity contribution in [2.75, 3.05) is 0 Å². The quantitative estimate of drug-likeness (QED) is 0.180. The second kappa shape index (κ2) is 16.8. The summed E-state index contributed by atoms with van der Waals surface area (Å²) in [4.78, 5) is 0. The molecule has 0 amide bonds. The molecule has 0 atom stereocenters. The van der Waals surface area contributed by atoms with Crippen LogP contribution in [0.5, 0.6) is 0 Å². The number of hydrogen-bond donors (Lipinski definition) is 0. The van der Waals surface area contributed by atoms with Gasteiger partial charge in [-0.1, -0.05) is 96.6 Å². The molecule has 51 heavy (non-hydrogen) atoms. The Morgan fingerprint density at radius 3 is 1.86 bits per heavy atom. The minimum atomic E-state index is 0. The number of hydrogen-bond acceptors (Lipinski definition) is 0. The van der Waals surface area contributed by atoms with E-state index in [0.29, 0.717) is 5.41 Å². The summed E-state index contributed by atoms with van der Waals surface area (Å²) < 4.78 is 1.55. The van der Waals surface area contributed by atoms with Crippen molar-refractivity contribution in [1.82, 2.24) is 0 Å². The van der Waals surface area contributed by atoms with Crippen LogP contribution in [0.1, 0.15) is 138 Å². The minimum Gasteiger partial charge on any atom is -1.00 e. The van der Waals surface area contributed by atoms with Gasteiger partial charge in [0.05, 0.1) is 0 Å². The van der Waals surface area contributed by atoms with Gasteiger partial charge in [-0.05, 0) is 79.1 Å². The molecule has 0 unspecified atom stereocenters. The Kier molecular flexibility index (Phi) is 13.9. The number of halogens is 2. The van der Waals surface area contributed by atoms with Gasteiger partial charge in [-0.15, -0.1) is 5.56 Å². The van der Waals surface area contributed by atoms with Gasteiger partial charge in [0.15, 0.2) is 0 Å². The van der Waals surface area contributed by atoms with E-state index in [0.717, 1.165) is 24.2 Å². The summed E-state index contributed by atoms with van der Waals surface area (Å²) in [6.07, 6.45) is 12.9. The van der Waals surface area contributed by atoms with E-state index in [1.54, 1.807) is 52.9 Å². The molecular weight excluding hydrogens is 739 g/mol. The summed E-state index contributed by atoms with van der Waals surface area (Å²) in [7, 11) is 0. The number of fused-ring (bicyclic) bond motifs is 3. The van der Waals surface area contributed by atoms with Gasteiger partial charge < -0.3 is 24.8 Å². The second-order valence-corrected chi connectivity index (χ2v) is 19.8. The predicted molar refractivity (Wildman–Crippen MR) is 208 cm³/mol. The molecule has 0 nitrogen and oxygen atoms in total. The average Bonchev–Trinajstić information content (AvgIpc) is 3.56. The van der Waals surface area contributed by atoms with E-state index in [-0.39, 0.29) is 35.6 Å². The zero-order valence-corrected chi connectivity index (χ0v) is 36.8. The molecule has 4 bridgehead atoms. The molecule has 0 spiro atoms. The maximum absolute atomic E-state index is 3.53. The van der Waals surface area contributed by atoms with Crippen LogP contribution < -0.4 is 24.8 Å². The molecule has 5 aliphatic carbocycles. The molecule has 272 valence electrons. The molecule has 0 aliphatic heterocycles. The molecule has 4 saturated carbocycles. The minimum absolute atomic E-state index is 0. The van der Waals surface area contributed by atoms with Crippen LogP contribution >= 0.6 is 0 Å². The molecule has 4 fully saturated rings. The van der Waals surface area contributed by atoms with Crippen LogP contribution in [0, 0.1) is 43.1 Å². The molecule has 0 aromatic heterocycles. The molecule has 5 aliphatic rings. The van der Waals surface area contributed by atoms with E-state index in [4.69, 9.17) is 0 Å². The molecule has 9 rings (SSSR count). The number of rotatable bonds is 4. The van der Waals surface area contributed by atoms with Gasteiger partial charge in [-0.3, -0.25) is 0 Å². The standard InChI is InChI=1S/C21H25.C18H25.C9H10.2ClH.Zr/c1-20(2,3)16-9-7-14-11-15-8-10-17(21(4,5)6)13-19(15)18(14)12-16;1-12-3-13(2)17(4-12)11-18-8-14-5-15(9-18)7-16(6-14)10-18;1-2-6-9-7-4-3-5-8-9;;;/h7,9-10,12-13H,11H2,1-6H3;3-4,14-16H,5-11H2,1-2H3;3-5,7-8H,2H2,1H3;2*1H;/q2*-1;;;;+2/p-2. The van der Waals surface area contributed by atoms with Gasteiger partial charge >= 0.3 is 76.7 Å². The molecule has 0 heterocycles. The largest absolute Gasteiger partial charge is 1.00 e. The van der Waals surface area contributed by atoms with Crippen molar-refractivity contribution in [3.05, 3.63) is 123 Å². The van der Waals surface area contributed by atoms with Crippen molar-refractivity contribution in [1.29, 1.82) is 0 Å². The van der Waals surface area contributed by atoms with E-state index >= 15 is 0 Å². The van der Waals surface area contributed by atoms with Crippen molar-refractivity contribution < 1.29 is 49.0 Å². The van der Waals surface area contributed by atoms with E-state index in [2.05, 4.69) is 141 Å². The Bertz CT molecular complexity index is 1680. The Labute approximate surface area is 338 Å². The third-order valence-electron chi connectivity index (χ3n) is 12.1. The fourth-order valence-corrected chi connectivity index (χ4v) is 10.2. The number of aryl methyl sites for hydroxylation is 2. The van der Waals surface area contributed by atoms with Crippen LogP contribution in [0.2, 0.25) is 0 Å². The molecule has 0 N–H and O–H groups in total. The van der Waals surface area contributed by atoms with E-state index < -0.39 is 0 Å². The average molecular weight is 799 g/mol. The van der Waals surface area contributed by atoms with Gasteiger partial charge in [-0.2, -0.15) is 52.1 Å². The summed E-state index contributed by atoms with van der Waals surface area (Å²) in [5.41, 5.74) is 15.5. The van der Waals surface area contributed by atoms with Gasteiger partial charge in [0, 0.05) is 0 Å². The fraction of sp³-hybridized carbons (Fsp3) is 0.500. The first kappa shape index (κ1) is 42.1. The van der Waals surface area contributed by atoms with Crippen molar-refractivity contribution in [3.8, 4) is 11.1 Å². The Balaban J connectivity index is 0.000000178. The van der Waals surface area contributed by atoms with Gasteiger partial charge in [-0.25, -0.2) is 6.07 Å². The molecule has 3 heteroatoms. The monoisotopic (exact) mass is 796 g/mol. The first-order chi connectivity index (χ1) is 23.1. The molecule has 4 aromatic carbocycles. The van der Waals surface area contributed by atoms with Gasteiger partial charge in [0.2, 0.25) is 0 Å². The normalized spacial score (nSPS) is 22.3. The topological polar surface area (TPSA) is 0 Å². The van der Waals surface area contributed by atoms with Crippen molar-refractivity contribution in [2.45, 2.75) is 131 Å². The zero-order chi connectivity index (χ0) is 35.1. The molecule has 4 aromatic rings. The maximum Gasteiger partial charge on any atom is -0.0363 e. The van der Waals surface area contributed by atoms with Crippen molar-refractivity contribution in [3.63, 3.8) is 0 Å². The Morgan fingerprint density at radius 1 is 0.784 bits per heavy atom. The Morgan fingerprint density at radius 2 is 1.35 bits per heavy atom. The molecular formula is C48H60Cl2Zr-2. The first-order valence-electron chi connectivity index (χ1n) is 19.2.